The molecule has 0 fully saturated rings. The van der Waals surface area contributed by atoms with Crippen LogP contribution in [-0.4, -0.2) is 0 Å². The molecule has 0 saturated heterocycles. The molecule has 0 heteroatoms. The zero-order valence-corrected chi connectivity index (χ0v) is 21.8. The second-order valence-corrected chi connectivity index (χ2v) is 10.9. The topological polar surface area (TPSA) is 0 Å². The zero-order valence-electron chi connectivity index (χ0n) is 26.8. The van der Waals surface area contributed by atoms with Crippen LogP contribution in [0.1, 0.15) is 31.8 Å². The lowest BCUT2D eigenvalue weighted by molar-refractivity contribution is 0.645. The second kappa shape index (κ2) is 8.16. The summed E-state index contributed by atoms with van der Waals surface area (Å²) in [5.41, 5.74) is 8.03. The highest BCUT2D eigenvalue weighted by Gasteiger charge is 2.33. The smallest absolute Gasteiger partial charge is 0.0622 e. The Morgan fingerprint density at radius 2 is 1.00 bits per heavy atom. The van der Waals surface area contributed by atoms with Crippen molar-refractivity contribution in [3.05, 3.63) is 144 Å². The van der Waals surface area contributed by atoms with Gasteiger partial charge in [-0.05, 0) is 76.8 Å². The number of rotatable bonds is 2. The minimum absolute atomic E-state index is 0.170. The first-order valence-electron chi connectivity index (χ1n) is 15.9. The molecule has 0 heterocycles. The third-order valence-electron chi connectivity index (χ3n) is 8.56. The van der Waals surface area contributed by atoms with E-state index >= 15 is 0 Å². The summed E-state index contributed by atoms with van der Waals surface area (Å²) in [6.07, 6.45) is 0. The first kappa shape index (κ1) is 17.8. The Kier molecular flexibility index (Phi) is 3.71. The standard InChI is InChI=1S/C39H28/c1-39(2)34-21-11-10-15-26(34)32-23-24-33(31-20-12-22-35(39)38(31)32)37-29-18-8-6-16-27(29)36(25-13-4-3-5-14-25)28-17-7-9-19-30(28)37/h3-24H,1-2H3/i3D,4D,5D,13D,14D. The van der Waals surface area contributed by atoms with Gasteiger partial charge >= 0.3 is 0 Å². The fraction of sp³-hybridized carbons (Fsp3) is 0.0769. The fourth-order valence-electron chi connectivity index (χ4n) is 6.84. The molecule has 0 atom stereocenters. The monoisotopic (exact) mass is 501 g/mol. The van der Waals surface area contributed by atoms with Gasteiger partial charge in [-0.25, -0.2) is 0 Å². The van der Waals surface area contributed by atoms with E-state index in [0.29, 0.717) is 5.56 Å². The highest BCUT2D eigenvalue weighted by molar-refractivity contribution is 6.24. The fourth-order valence-corrected chi connectivity index (χ4v) is 6.84. The van der Waals surface area contributed by atoms with Gasteiger partial charge in [0.15, 0.2) is 0 Å². The Balaban J connectivity index is 1.54. The minimum Gasteiger partial charge on any atom is -0.0622 e. The first-order chi connectivity index (χ1) is 21.2. The SMILES string of the molecule is [2H]c1c([2H])c([2H])c(-c2c3ccccc3c(-c3ccc4c5c(cccc35)C(C)(C)c3ccccc3-4)c3ccccc23)c([2H])c1[2H]. The summed E-state index contributed by atoms with van der Waals surface area (Å²) in [5.74, 6) is 0. The van der Waals surface area contributed by atoms with Crippen LogP contribution in [0, 0.1) is 0 Å². The summed E-state index contributed by atoms with van der Waals surface area (Å²) < 4.78 is 42.7. The molecule has 0 spiro atoms. The van der Waals surface area contributed by atoms with E-state index < -0.39 is 0 Å². The highest BCUT2D eigenvalue weighted by atomic mass is 14.4. The second-order valence-electron chi connectivity index (χ2n) is 10.9. The summed E-state index contributed by atoms with van der Waals surface area (Å²) in [5, 5.41) is 6.09. The number of hydrogen-bond donors (Lipinski definition) is 0. The third-order valence-corrected chi connectivity index (χ3v) is 8.56. The summed E-state index contributed by atoms with van der Waals surface area (Å²) in [6, 6.07) is 34.5. The van der Waals surface area contributed by atoms with Gasteiger partial charge < -0.3 is 0 Å². The van der Waals surface area contributed by atoms with Crippen LogP contribution in [0.15, 0.2) is 133 Å². The Bertz CT molecular complexity index is 2280. The highest BCUT2D eigenvalue weighted by Crippen LogP contribution is 2.52. The van der Waals surface area contributed by atoms with Crippen molar-refractivity contribution in [3.8, 4) is 33.4 Å². The van der Waals surface area contributed by atoms with E-state index in [9.17, 15) is 0 Å². The first-order valence-corrected chi connectivity index (χ1v) is 13.4. The zero-order chi connectivity index (χ0) is 30.5. The summed E-state index contributed by atoms with van der Waals surface area (Å²) in [7, 11) is 0. The molecule has 0 unspecified atom stereocenters. The van der Waals surface area contributed by atoms with Crippen molar-refractivity contribution in [2.24, 2.45) is 0 Å². The van der Waals surface area contributed by atoms with Crippen molar-refractivity contribution < 1.29 is 6.85 Å². The van der Waals surface area contributed by atoms with Gasteiger partial charge in [-0.3, -0.25) is 0 Å². The third kappa shape index (κ3) is 3.06. The Morgan fingerprint density at radius 3 is 1.69 bits per heavy atom. The van der Waals surface area contributed by atoms with E-state index in [0.717, 1.165) is 32.7 Å². The van der Waals surface area contributed by atoms with Gasteiger partial charge in [0.1, 0.15) is 0 Å². The van der Waals surface area contributed by atoms with Crippen LogP contribution in [0.4, 0.5) is 0 Å². The number of benzene rings is 7. The van der Waals surface area contributed by atoms with Crippen LogP contribution in [0.5, 0.6) is 0 Å². The number of fused-ring (bicyclic) bond motifs is 4. The van der Waals surface area contributed by atoms with E-state index in [4.69, 9.17) is 6.85 Å². The van der Waals surface area contributed by atoms with Gasteiger partial charge in [0.05, 0.1) is 6.85 Å². The predicted molar refractivity (Wildman–Crippen MR) is 167 cm³/mol. The molecular formula is C39H28. The van der Waals surface area contributed by atoms with Gasteiger partial charge in [0.25, 0.3) is 0 Å². The van der Waals surface area contributed by atoms with Crippen LogP contribution >= 0.6 is 0 Å². The van der Waals surface area contributed by atoms with Crippen LogP contribution in [0.25, 0.3) is 65.7 Å². The molecule has 0 nitrogen and oxygen atoms in total. The molecule has 0 saturated carbocycles. The van der Waals surface area contributed by atoms with Gasteiger partial charge in [-0.2, -0.15) is 0 Å². The van der Waals surface area contributed by atoms with Gasteiger partial charge in [-0.1, -0.05) is 147 Å². The lowest BCUT2D eigenvalue weighted by atomic mass is 9.68. The van der Waals surface area contributed by atoms with Crippen molar-refractivity contribution in [2.75, 3.05) is 0 Å². The molecule has 1 aliphatic rings. The van der Waals surface area contributed by atoms with Crippen molar-refractivity contribution in [2.45, 2.75) is 19.3 Å². The largest absolute Gasteiger partial charge is 0.0629 e. The van der Waals surface area contributed by atoms with Crippen molar-refractivity contribution in [3.63, 3.8) is 0 Å². The van der Waals surface area contributed by atoms with E-state index in [1.165, 1.54) is 33.0 Å². The Labute approximate surface area is 236 Å². The van der Waals surface area contributed by atoms with E-state index in [1.807, 2.05) is 36.4 Å². The minimum atomic E-state index is -0.387. The maximum atomic E-state index is 8.85. The Hall–Kier alpha value is -4.68. The maximum Gasteiger partial charge on any atom is 0.0629 e. The molecule has 0 aliphatic heterocycles. The van der Waals surface area contributed by atoms with Crippen LogP contribution < -0.4 is 0 Å². The molecule has 7 aromatic carbocycles. The van der Waals surface area contributed by atoms with Crippen molar-refractivity contribution >= 4 is 32.3 Å². The molecule has 184 valence electrons. The predicted octanol–water partition coefficient (Wildman–Crippen LogP) is 10.8. The molecular weight excluding hydrogens is 468 g/mol. The van der Waals surface area contributed by atoms with E-state index in [-0.39, 0.29) is 41.2 Å². The van der Waals surface area contributed by atoms with Crippen molar-refractivity contribution in [1.82, 2.24) is 0 Å². The maximum absolute atomic E-state index is 8.85. The van der Waals surface area contributed by atoms with Crippen LogP contribution in [0.2, 0.25) is 0 Å². The van der Waals surface area contributed by atoms with Gasteiger partial charge in [0, 0.05) is 5.41 Å². The molecule has 0 aromatic heterocycles. The average molecular weight is 502 g/mol. The van der Waals surface area contributed by atoms with E-state index in [1.54, 1.807) is 0 Å². The lowest BCUT2D eigenvalue weighted by Gasteiger charge is -2.35. The van der Waals surface area contributed by atoms with E-state index in [2.05, 4.69) is 80.6 Å². The molecule has 0 bridgehead atoms. The average Bonchev–Trinajstić information content (AvgIpc) is 3.05. The molecule has 8 rings (SSSR count). The van der Waals surface area contributed by atoms with Crippen LogP contribution in [0.3, 0.4) is 0 Å². The molecule has 39 heavy (non-hydrogen) atoms. The van der Waals surface area contributed by atoms with Crippen molar-refractivity contribution in [1.29, 1.82) is 0 Å². The summed E-state index contributed by atoms with van der Waals surface area (Å²) >= 11 is 0. The lowest BCUT2D eigenvalue weighted by Crippen LogP contribution is -2.23. The van der Waals surface area contributed by atoms with Gasteiger partial charge in [0.2, 0.25) is 0 Å². The summed E-state index contributed by atoms with van der Waals surface area (Å²) in [6.45, 7) is 4.60. The molecule has 0 amide bonds. The quantitative estimate of drug-likeness (QED) is 0.207. The normalized spacial score (nSPS) is 15.4. The molecule has 0 radical (unpaired) electrons. The van der Waals surface area contributed by atoms with Crippen LogP contribution in [-0.2, 0) is 5.41 Å². The molecule has 0 N–H and O–H groups in total. The van der Waals surface area contributed by atoms with Gasteiger partial charge in [-0.15, -0.1) is 0 Å². The number of hydrogen-bond acceptors (Lipinski definition) is 0. The molecule has 1 aliphatic carbocycles. The Morgan fingerprint density at radius 1 is 0.462 bits per heavy atom. The molecule has 7 aromatic rings. The summed E-state index contributed by atoms with van der Waals surface area (Å²) in [4.78, 5) is 0.